The molecule has 102 valence electrons. The molecule has 2 rings (SSSR count). The fourth-order valence-corrected chi connectivity index (χ4v) is 2.19. The minimum Gasteiger partial charge on any atom is -0.381 e. The molecule has 2 aromatic rings. The van der Waals surface area contributed by atoms with E-state index >= 15 is 0 Å². The van der Waals surface area contributed by atoms with Gasteiger partial charge in [-0.25, -0.2) is 0 Å². The number of nitrogens with zero attached hydrogens (tertiary/aromatic N) is 3. The molecule has 0 bridgehead atoms. The van der Waals surface area contributed by atoms with Gasteiger partial charge in [0, 0.05) is 12.0 Å². The van der Waals surface area contributed by atoms with Crippen LogP contribution in [0.25, 0.3) is 4.96 Å². The van der Waals surface area contributed by atoms with Gasteiger partial charge in [-0.15, -0.1) is 11.3 Å². The van der Waals surface area contributed by atoms with Crippen LogP contribution < -0.4 is 10.9 Å². The van der Waals surface area contributed by atoms with Gasteiger partial charge in [-0.1, -0.05) is 0 Å². The van der Waals surface area contributed by atoms with Gasteiger partial charge in [0.1, 0.15) is 11.5 Å². The van der Waals surface area contributed by atoms with E-state index in [4.69, 9.17) is 4.74 Å². The molecule has 0 aliphatic carbocycles. The second-order valence-electron chi connectivity index (χ2n) is 3.81. The molecule has 0 saturated carbocycles. The summed E-state index contributed by atoms with van der Waals surface area (Å²) in [6.07, 6.45) is 0.276. The molecule has 1 amide bonds. The summed E-state index contributed by atoms with van der Waals surface area (Å²) in [4.78, 5) is 27.3. The van der Waals surface area contributed by atoms with Crippen LogP contribution in [0.15, 0.2) is 10.2 Å². The molecule has 7 nitrogen and oxygen atoms in total. The lowest BCUT2D eigenvalue weighted by Crippen LogP contribution is -2.19. The first-order valence-corrected chi connectivity index (χ1v) is 6.72. The molecule has 0 aliphatic heterocycles. The van der Waals surface area contributed by atoms with Crippen LogP contribution in [0, 0.1) is 6.92 Å². The van der Waals surface area contributed by atoms with Crippen molar-refractivity contribution in [3.05, 3.63) is 21.4 Å². The second kappa shape index (κ2) is 5.89. The van der Waals surface area contributed by atoms with Crippen LogP contribution in [-0.2, 0) is 9.53 Å². The molecule has 0 unspecified atom stereocenters. The van der Waals surface area contributed by atoms with Crippen molar-refractivity contribution in [1.82, 2.24) is 14.6 Å². The predicted octanol–water partition coefficient (Wildman–Crippen LogP) is 0.825. The lowest BCUT2D eigenvalue weighted by molar-refractivity contribution is -0.117. The Labute approximate surface area is 113 Å². The number of nitrogens with one attached hydrogen (secondary N) is 1. The fraction of sp³-hybridized carbons (Fsp3) is 0.455. The van der Waals surface area contributed by atoms with Gasteiger partial charge in [0.15, 0.2) is 0 Å². The second-order valence-corrected chi connectivity index (χ2v) is 4.65. The summed E-state index contributed by atoms with van der Waals surface area (Å²) in [5.41, 5.74) is -0.0585. The molecule has 8 heteroatoms. The highest BCUT2D eigenvalue weighted by molar-refractivity contribution is 7.15. The highest BCUT2D eigenvalue weighted by Crippen LogP contribution is 2.16. The predicted molar refractivity (Wildman–Crippen MR) is 71.6 cm³/mol. The third kappa shape index (κ3) is 3.15. The molecule has 0 spiro atoms. The van der Waals surface area contributed by atoms with Gasteiger partial charge >= 0.3 is 0 Å². The van der Waals surface area contributed by atoms with Gasteiger partial charge in [0.05, 0.1) is 13.0 Å². The van der Waals surface area contributed by atoms with Gasteiger partial charge in [0.2, 0.25) is 10.9 Å². The molecule has 0 aromatic carbocycles. The number of hydrogen-bond donors (Lipinski definition) is 1. The van der Waals surface area contributed by atoms with Crippen LogP contribution in [0.5, 0.6) is 0 Å². The van der Waals surface area contributed by atoms with Gasteiger partial charge in [-0.05, 0) is 13.8 Å². The van der Waals surface area contributed by atoms with Crippen LogP contribution in [0.1, 0.15) is 19.0 Å². The zero-order valence-corrected chi connectivity index (χ0v) is 11.5. The van der Waals surface area contributed by atoms with E-state index in [1.54, 1.807) is 12.3 Å². The van der Waals surface area contributed by atoms with Crippen LogP contribution in [0.2, 0.25) is 0 Å². The molecule has 0 aliphatic rings. The molecule has 2 aromatic heterocycles. The van der Waals surface area contributed by atoms with Crippen molar-refractivity contribution in [1.29, 1.82) is 0 Å². The monoisotopic (exact) mass is 282 g/mol. The summed E-state index contributed by atoms with van der Waals surface area (Å²) in [7, 11) is 0. The maximum atomic E-state index is 11.7. The topological polar surface area (TPSA) is 85.6 Å². The standard InChI is InChI=1S/C11H14N4O3S/c1-3-18-5-4-9(16)12-8-6-19-11-13-10(17)7(2)14-15(8)11/h6H,3-5H2,1-2H3,(H,12,16). The first kappa shape index (κ1) is 13.6. The fourth-order valence-electron chi connectivity index (χ4n) is 1.44. The average Bonchev–Trinajstić information content (AvgIpc) is 2.73. The number of hydrogen-bond acceptors (Lipinski definition) is 6. The summed E-state index contributed by atoms with van der Waals surface area (Å²) >= 11 is 1.25. The quantitative estimate of drug-likeness (QED) is 0.821. The van der Waals surface area contributed by atoms with E-state index < -0.39 is 0 Å². The van der Waals surface area contributed by atoms with E-state index in [9.17, 15) is 9.59 Å². The number of amides is 1. The van der Waals surface area contributed by atoms with E-state index in [2.05, 4.69) is 15.4 Å². The number of aromatic nitrogens is 3. The molecular weight excluding hydrogens is 268 g/mol. The first-order chi connectivity index (χ1) is 9.11. The van der Waals surface area contributed by atoms with E-state index in [0.29, 0.717) is 29.7 Å². The molecule has 0 radical (unpaired) electrons. The highest BCUT2D eigenvalue weighted by Gasteiger charge is 2.10. The van der Waals surface area contributed by atoms with E-state index in [0.717, 1.165) is 0 Å². The normalized spacial score (nSPS) is 10.8. The van der Waals surface area contributed by atoms with Gasteiger partial charge in [0.25, 0.3) is 5.56 Å². The lowest BCUT2D eigenvalue weighted by atomic mass is 10.4. The highest BCUT2D eigenvalue weighted by atomic mass is 32.1. The number of carbonyl (C=O) groups is 1. The molecule has 0 saturated heterocycles. The lowest BCUT2D eigenvalue weighted by Gasteiger charge is -2.04. The van der Waals surface area contributed by atoms with Crippen molar-refractivity contribution < 1.29 is 9.53 Å². The number of anilines is 1. The first-order valence-electron chi connectivity index (χ1n) is 5.84. The molecule has 1 N–H and O–H groups in total. The Morgan fingerprint density at radius 1 is 1.58 bits per heavy atom. The van der Waals surface area contributed by atoms with Crippen molar-refractivity contribution in [3.63, 3.8) is 0 Å². The molecule has 2 heterocycles. The van der Waals surface area contributed by atoms with Crippen molar-refractivity contribution in [2.75, 3.05) is 18.5 Å². The average molecular weight is 282 g/mol. The van der Waals surface area contributed by atoms with Crippen LogP contribution in [-0.4, -0.2) is 33.7 Å². The number of aryl methyl sites for hydroxylation is 1. The number of fused-ring (bicyclic) bond motifs is 1. The summed E-state index contributed by atoms with van der Waals surface area (Å²) in [6, 6.07) is 0. The Hall–Kier alpha value is -1.80. The molecule has 19 heavy (non-hydrogen) atoms. The summed E-state index contributed by atoms with van der Waals surface area (Å²) < 4.78 is 6.57. The van der Waals surface area contributed by atoms with Crippen LogP contribution in [0.4, 0.5) is 5.82 Å². The van der Waals surface area contributed by atoms with Crippen LogP contribution >= 0.6 is 11.3 Å². The maximum Gasteiger partial charge on any atom is 0.295 e. The minimum absolute atomic E-state index is 0.161. The van der Waals surface area contributed by atoms with Gasteiger partial charge < -0.3 is 10.1 Å². The van der Waals surface area contributed by atoms with E-state index in [1.165, 1.54) is 15.9 Å². The number of carbonyl (C=O) groups excluding carboxylic acids is 1. The van der Waals surface area contributed by atoms with Crippen molar-refractivity contribution in [3.8, 4) is 0 Å². The Morgan fingerprint density at radius 2 is 2.37 bits per heavy atom. The SMILES string of the molecule is CCOCCC(=O)Nc1csc2nc(=O)c(C)nn12. The largest absolute Gasteiger partial charge is 0.381 e. The zero-order chi connectivity index (χ0) is 13.8. The van der Waals surface area contributed by atoms with E-state index in [1.807, 2.05) is 6.92 Å². The van der Waals surface area contributed by atoms with Crippen molar-refractivity contribution in [2.24, 2.45) is 0 Å². The number of ether oxygens (including phenoxy) is 1. The third-order valence-electron chi connectivity index (χ3n) is 2.39. The Kier molecular flexibility index (Phi) is 4.23. The van der Waals surface area contributed by atoms with Gasteiger partial charge in [-0.3, -0.25) is 9.59 Å². The summed E-state index contributed by atoms with van der Waals surface area (Å²) in [5.74, 6) is 0.350. The van der Waals surface area contributed by atoms with Crippen molar-refractivity contribution in [2.45, 2.75) is 20.3 Å². The zero-order valence-electron chi connectivity index (χ0n) is 10.7. The van der Waals surface area contributed by atoms with Crippen LogP contribution in [0.3, 0.4) is 0 Å². The Balaban J connectivity index is 2.15. The Morgan fingerprint density at radius 3 is 3.11 bits per heavy atom. The van der Waals surface area contributed by atoms with Crippen molar-refractivity contribution >= 4 is 28.0 Å². The number of rotatable bonds is 5. The maximum absolute atomic E-state index is 11.7. The molecule has 0 fully saturated rings. The van der Waals surface area contributed by atoms with Gasteiger partial charge in [-0.2, -0.15) is 14.6 Å². The number of thiazole rings is 1. The molecular formula is C11H14N4O3S. The van der Waals surface area contributed by atoms with E-state index in [-0.39, 0.29) is 17.9 Å². The summed E-state index contributed by atoms with van der Waals surface area (Å²) in [6.45, 7) is 4.42. The third-order valence-corrected chi connectivity index (χ3v) is 3.20. The molecule has 0 atom stereocenters. The smallest absolute Gasteiger partial charge is 0.295 e. The minimum atomic E-state index is -0.351. The Bertz CT molecular complexity index is 649. The summed E-state index contributed by atoms with van der Waals surface area (Å²) in [5, 5.41) is 8.51.